The van der Waals surface area contributed by atoms with Gasteiger partial charge in [0, 0.05) is 21.9 Å². The Balaban J connectivity index is 1.12. The third-order valence-electron chi connectivity index (χ3n) is 9.94. The van der Waals surface area contributed by atoms with Crippen LogP contribution in [0, 0.1) is 0 Å². The van der Waals surface area contributed by atoms with E-state index in [-0.39, 0.29) is 6.17 Å². The number of hydrogen-bond donors (Lipinski definition) is 1. The zero-order valence-electron chi connectivity index (χ0n) is 27.6. The molecule has 8 aromatic carbocycles. The topological polar surface area (TPSA) is 49.9 Å². The largest absolute Gasteiger partial charge is 0.456 e. The van der Waals surface area contributed by atoms with Crippen molar-refractivity contribution in [2.45, 2.75) is 6.17 Å². The first-order valence-electron chi connectivity index (χ1n) is 17.3. The van der Waals surface area contributed by atoms with E-state index >= 15 is 0 Å². The van der Waals surface area contributed by atoms with Gasteiger partial charge in [0.1, 0.15) is 23.2 Å². The number of nitrogens with zero attached hydrogens (tertiary/aromatic N) is 2. The summed E-state index contributed by atoms with van der Waals surface area (Å²) in [6, 6.07) is 61.6. The lowest BCUT2D eigenvalue weighted by molar-refractivity contribution is 0.669. The Bertz CT molecular complexity index is 2830. The SMILES string of the molecule is c1ccc(-c2ccc3c(c2)oc2cccc(-c4ccc(C5=NC(c6ccc7ccccc7c6)=NC(c6ccccc6)N5)c5ccccc45)c23)cc1. The first-order chi connectivity index (χ1) is 25.3. The van der Waals surface area contributed by atoms with Gasteiger partial charge in [-0.2, -0.15) is 0 Å². The number of benzene rings is 8. The van der Waals surface area contributed by atoms with Crippen LogP contribution in [0.3, 0.4) is 0 Å². The van der Waals surface area contributed by atoms with Crippen molar-refractivity contribution in [3.05, 3.63) is 193 Å². The standard InChI is InChI=1S/C47H31N3O/c1-3-12-30(13-4-1)34-24-25-41-43(29-34)51-42-21-11-20-39(44(41)42)38-26-27-40(37-19-10-9-18-36(37)38)47-49-45(32-15-5-2-6-16-32)48-46(50-47)35-23-22-31-14-7-8-17-33(31)28-35/h1-29,45H,(H,48,49,50). The van der Waals surface area contributed by atoms with E-state index in [0.717, 1.165) is 77.3 Å². The summed E-state index contributed by atoms with van der Waals surface area (Å²) in [7, 11) is 0. The monoisotopic (exact) mass is 653 g/mol. The highest BCUT2D eigenvalue weighted by Gasteiger charge is 2.23. The molecule has 0 spiro atoms. The predicted octanol–water partition coefficient (Wildman–Crippen LogP) is 11.7. The zero-order chi connectivity index (χ0) is 33.7. The Morgan fingerprint density at radius 2 is 1.16 bits per heavy atom. The molecule has 1 N–H and O–H groups in total. The maximum Gasteiger partial charge on any atom is 0.159 e. The van der Waals surface area contributed by atoms with Crippen LogP contribution in [0.25, 0.3) is 65.7 Å². The number of amidine groups is 2. The summed E-state index contributed by atoms with van der Waals surface area (Å²) >= 11 is 0. The van der Waals surface area contributed by atoms with E-state index in [4.69, 9.17) is 14.4 Å². The highest BCUT2D eigenvalue weighted by Crippen LogP contribution is 2.41. The molecule has 0 amide bonds. The van der Waals surface area contributed by atoms with Gasteiger partial charge < -0.3 is 9.73 Å². The fourth-order valence-corrected chi connectivity index (χ4v) is 7.45. The summed E-state index contributed by atoms with van der Waals surface area (Å²) in [4.78, 5) is 10.4. The van der Waals surface area contributed by atoms with Crippen molar-refractivity contribution in [3.8, 4) is 22.3 Å². The number of furan rings is 1. The van der Waals surface area contributed by atoms with Crippen molar-refractivity contribution >= 4 is 55.2 Å². The van der Waals surface area contributed by atoms with Crippen molar-refractivity contribution in [3.63, 3.8) is 0 Å². The third kappa shape index (κ3) is 5.08. The van der Waals surface area contributed by atoms with Crippen LogP contribution in [-0.4, -0.2) is 11.7 Å². The minimum absolute atomic E-state index is 0.287. The Morgan fingerprint density at radius 3 is 2.00 bits per heavy atom. The molecule has 1 aromatic heterocycles. The van der Waals surface area contributed by atoms with Crippen molar-refractivity contribution in [2.24, 2.45) is 9.98 Å². The van der Waals surface area contributed by atoms with Gasteiger partial charge >= 0.3 is 0 Å². The van der Waals surface area contributed by atoms with Crippen LogP contribution in [0.4, 0.5) is 0 Å². The molecule has 9 aromatic rings. The van der Waals surface area contributed by atoms with Crippen molar-refractivity contribution < 1.29 is 4.42 Å². The second kappa shape index (κ2) is 12.0. The second-order valence-electron chi connectivity index (χ2n) is 13.0. The van der Waals surface area contributed by atoms with E-state index in [1.165, 1.54) is 10.9 Å². The molecule has 10 rings (SSSR count). The van der Waals surface area contributed by atoms with Gasteiger partial charge in [-0.1, -0.05) is 152 Å². The van der Waals surface area contributed by atoms with Crippen LogP contribution in [-0.2, 0) is 0 Å². The molecule has 0 aliphatic carbocycles. The molecule has 1 aliphatic heterocycles. The second-order valence-corrected chi connectivity index (χ2v) is 13.0. The molecular formula is C47H31N3O. The summed E-state index contributed by atoms with van der Waals surface area (Å²) in [5.41, 5.74) is 9.45. The van der Waals surface area contributed by atoms with E-state index in [9.17, 15) is 0 Å². The Morgan fingerprint density at radius 1 is 0.451 bits per heavy atom. The zero-order valence-corrected chi connectivity index (χ0v) is 27.6. The number of rotatable bonds is 5. The van der Waals surface area contributed by atoms with Gasteiger partial charge in [-0.3, -0.25) is 0 Å². The molecule has 1 unspecified atom stereocenters. The summed E-state index contributed by atoms with van der Waals surface area (Å²) in [6.45, 7) is 0. The summed E-state index contributed by atoms with van der Waals surface area (Å²) in [6.07, 6.45) is -0.287. The van der Waals surface area contributed by atoms with E-state index in [1.54, 1.807) is 0 Å². The van der Waals surface area contributed by atoms with Gasteiger partial charge in [0.2, 0.25) is 0 Å². The average molecular weight is 654 g/mol. The van der Waals surface area contributed by atoms with Crippen LogP contribution in [0.1, 0.15) is 22.9 Å². The number of aliphatic imine (C=N–C) groups is 2. The maximum absolute atomic E-state index is 6.50. The lowest BCUT2D eigenvalue weighted by atomic mass is 9.91. The quantitative estimate of drug-likeness (QED) is 0.201. The highest BCUT2D eigenvalue weighted by atomic mass is 16.3. The van der Waals surface area contributed by atoms with Crippen molar-refractivity contribution in [2.75, 3.05) is 0 Å². The van der Waals surface area contributed by atoms with Crippen LogP contribution in [0.15, 0.2) is 190 Å². The fourth-order valence-electron chi connectivity index (χ4n) is 7.45. The van der Waals surface area contributed by atoms with E-state index in [0.29, 0.717) is 5.84 Å². The third-order valence-corrected chi connectivity index (χ3v) is 9.94. The molecule has 0 saturated heterocycles. The van der Waals surface area contributed by atoms with Crippen LogP contribution in [0.5, 0.6) is 0 Å². The molecule has 4 nitrogen and oxygen atoms in total. The predicted molar refractivity (Wildman–Crippen MR) is 211 cm³/mol. The van der Waals surface area contributed by atoms with E-state index < -0.39 is 0 Å². The highest BCUT2D eigenvalue weighted by molar-refractivity contribution is 6.21. The van der Waals surface area contributed by atoms with Crippen molar-refractivity contribution in [1.82, 2.24) is 5.32 Å². The van der Waals surface area contributed by atoms with Gasteiger partial charge in [0.15, 0.2) is 5.84 Å². The van der Waals surface area contributed by atoms with Crippen LogP contribution < -0.4 is 5.32 Å². The van der Waals surface area contributed by atoms with Gasteiger partial charge in [0.05, 0.1) is 0 Å². The summed E-state index contributed by atoms with van der Waals surface area (Å²) in [5.74, 6) is 1.51. The summed E-state index contributed by atoms with van der Waals surface area (Å²) < 4.78 is 6.50. The van der Waals surface area contributed by atoms with E-state index in [2.05, 4.69) is 169 Å². The van der Waals surface area contributed by atoms with Gasteiger partial charge in [-0.05, 0) is 73.6 Å². The lowest BCUT2D eigenvalue weighted by Crippen LogP contribution is -2.33. The molecule has 51 heavy (non-hydrogen) atoms. The Hall–Kier alpha value is -6.78. The molecular weight excluding hydrogens is 623 g/mol. The number of hydrogen-bond acceptors (Lipinski definition) is 4. The Labute approximate surface area is 295 Å². The molecule has 0 radical (unpaired) electrons. The number of nitrogens with one attached hydrogen (secondary N) is 1. The van der Waals surface area contributed by atoms with Crippen LogP contribution in [0.2, 0.25) is 0 Å². The normalized spacial score (nSPS) is 14.5. The van der Waals surface area contributed by atoms with Crippen molar-refractivity contribution in [1.29, 1.82) is 0 Å². The summed E-state index contributed by atoms with van der Waals surface area (Å²) in [5, 5.41) is 10.5. The molecule has 0 saturated carbocycles. The first-order valence-corrected chi connectivity index (χ1v) is 17.3. The van der Waals surface area contributed by atoms with Gasteiger partial charge in [-0.15, -0.1) is 0 Å². The Kier molecular flexibility index (Phi) is 6.85. The molecule has 0 fully saturated rings. The lowest BCUT2D eigenvalue weighted by Gasteiger charge is -2.25. The maximum atomic E-state index is 6.50. The number of fused-ring (bicyclic) bond motifs is 5. The first kappa shape index (κ1) is 29.2. The van der Waals surface area contributed by atoms with Gasteiger partial charge in [-0.25, -0.2) is 9.98 Å². The molecule has 2 heterocycles. The molecule has 4 heteroatoms. The molecule has 1 aliphatic rings. The van der Waals surface area contributed by atoms with Gasteiger partial charge in [0.25, 0.3) is 0 Å². The molecule has 0 bridgehead atoms. The minimum Gasteiger partial charge on any atom is -0.456 e. The fraction of sp³-hybridized carbons (Fsp3) is 0.0213. The molecule has 240 valence electrons. The smallest absolute Gasteiger partial charge is 0.159 e. The van der Waals surface area contributed by atoms with E-state index in [1.807, 2.05) is 12.1 Å². The van der Waals surface area contributed by atoms with Crippen LogP contribution >= 0.6 is 0 Å². The molecule has 1 atom stereocenters. The average Bonchev–Trinajstić information content (AvgIpc) is 3.59. The minimum atomic E-state index is -0.287.